The monoisotopic (exact) mass is 480 g/mol. The maximum Gasteiger partial charge on any atom is 0.252 e. The minimum Gasteiger partial charge on any atom is -0.497 e. The van der Waals surface area contributed by atoms with Crippen molar-refractivity contribution in [3.05, 3.63) is 59.4 Å². The number of fused-ring (bicyclic) bond motifs is 1. The molecule has 1 heterocycles. The molecule has 0 radical (unpaired) electrons. The van der Waals surface area contributed by atoms with Crippen LogP contribution in [0.4, 0.5) is 10.1 Å². The minimum atomic E-state index is -0.783. The maximum absolute atomic E-state index is 13.6. The van der Waals surface area contributed by atoms with Crippen LogP contribution >= 0.6 is 0 Å². The zero-order valence-corrected chi connectivity index (χ0v) is 20.7. The van der Waals surface area contributed by atoms with Gasteiger partial charge in [-0.05, 0) is 60.2 Å². The first-order chi connectivity index (χ1) is 16.6. The molecule has 0 fully saturated rings. The van der Waals surface area contributed by atoms with Crippen LogP contribution in [0.2, 0.25) is 0 Å². The Morgan fingerprint density at radius 1 is 1.20 bits per heavy atom. The lowest BCUT2D eigenvalue weighted by Gasteiger charge is -2.30. The number of methoxy groups -OCH3 is 1. The Labute approximate surface area is 206 Å². The number of carbonyl (C=O) groups is 2. The van der Waals surface area contributed by atoms with Crippen LogP contribution in [0.15, 0.2) is 42.5 Å². The number of nitriles is 1. The highest BCUT2D eigenvalue weighted by atomic mass is 19.1. The molecule has 0 saturated heterocycles. The van der Waals surface area contributed by atoms with Crippen LogP contribution in [-0.2, 0) is 11.2 Å². The van der Waals surface area contributed by atoms with E-state index in [1.165, 1.54) is 19.2 Å². The summed E-state index contributed by atoms with van der Waals surface area (Å²) in [5.74, 6) is -0.436. The summed E-state index contributed by atoms with van der Waals surface area (Å²) in [5, 5.41) is 15.2. The lowest BCUT2D eigenvalue weighted by Crippen LogP contribution is -2.53. The highest BCUT2D eigenvalue weighted by Gasteiger charge is 2.30. The van der Waals surface area contributed by atoms with Crippen molar-refractivity contribution in [2.45, 2.75) is 52.1 Å². The van der Waals surface area contributed by atoms with E-state index in [1.54, 1.807) is 30.3 Å². The molecule has 2 atom stereocenters. The summed E-state index contributed by atoms with van der Waals surface area (Å²) >= 11 is 0. The Kier molecular flexibility index (Phi) is 8.34. The molecule has 2 N–H and O–H groups in total. The number of hydrogen-bond donors (Lipinski definition) is 2. The first kappa shape index (κ1) is 26.0. The molecule has 2 aromatic rings. The van der Waals surface area contributed by atoms with E-state index < -0.39 is 12.1 Å². The number of anilines is 1. The van der Waals surface area contributed by atoms with Gasteiger partial charge in [0.15, 0.2) is 0 Å². The number of nitrogens with zero attached hydrogens (tertiary/aromatic N) is 2. The summed E-state index contributed by atoms with van der Waals surface area (Å²) in [6, 6.07) is 12.3. The van der Waals surface area contributed by atoms with E-state index in [-0.39, 0.29) is 29.5 Å². The zero-order chi connectivity index (χ0) is 25.6. The molecule has 0 aliphatic carbocycles. The Morgan fingerprint density at radius 2 is 1.97 bits per heavy atom. The second kappa shape index (κ2) is 11.2. The second-order valence-electron chi connectivity index (χ2n) is 10.1. The topological polar surface area (TPSA) is 94.5 Å². The minimum absolute atomic E-state index is 0.116. The number of benzene rings is 2. The molecule has 0 bridgehead atoms. The number of hydrogen-bond acceptors (Lipinski definition) is 5. The first-order valence-corrected chi connectivity index (χ1v) is 11.8. The molecule has 1 aliphatic rings. The highest BCUT2D eigenvalue weighted by molar-refractivity contribution is 5.97. The molecular formula is C27H33FN4O3. The summed E-state index contributed by atoms with van der Waals surface area (Å²) in [6.07, 6.45) is 1.24. The second-order valence-corrected chi connectivity index (χ2v) is 10.1. The van der Waals surface area contributed by atoms with E-state index in [0.29, 0.717) is 37.2 Å². The van der Waals surface area contributed by atoms with Gasteiger partial charge in [-0.3, -0.25) is 9.59 Å². The lowest BCUT2D eigenvalue weighted by atomic mass is 9.87. The van der Waals surface area contributed by atoms with Crippen LogP contribution in [0.3, 0.4) is 0 Å². The average Bonchev–Trinajstić information content (AvgIpc) is 3.19. The van der Waals surface area contributed by atoms with Gasteiger partial charge in [0.25, 0.3) is 5.91 Å². The normalized spacial score (nSPS) is 14.5. The maximum atomic E-state index is 13.6. The highest BCUT2D eigenvalue weighted by Crippen LogP contribution is 2.29. The molecule has 3 rings (SSSR count). The molecule has 2 amide bonds. The van der Waals surface area contributed by atoms with E-state index in [9.17, 15) is 19.2 Å². The summed E-state index contributed by atoms with van der Waals surface area (Å²) in [4.78, 5) is 28.3. The van der Waals surface area contributed by atoms with Crippen LogP contribution in [0.5, 0.6) is 5.75 Å². The zero-order valence-electron chi connectivity index (χ0n) is 20.7. The number of halogens is 1. The Balaban J connectivity index is 1.73. The van der Waals surface area contributed by atoms with Crippen LogP contribution in [-0.4, -0.2) is 44.1 Å². The summed E-state index contributed by atoms with van der Waals surface area (Å²) in [6.45, 7) is 7.10. The number of ether oxygens (including phenoxy) is 1. The van der Waals surface area contributed by atoms with Gasteiger partial charge in [-0.1, -0.05) is 26.8 Å². The third kappa shape index (κ3) is 7.19. The van der Waals surface area contributed by atoms with E-state index >= 15 is 0 Å². The van der Waals surface area contributed by atoms with Crippen molar-refractivity contribution in [2.75, 3.05) is 25.1 Å². The smallest absolute Gasteiger partial charge is 0.252 e. The molecule has 1 aliphatic heterocycles. The van der Waals surface area contributed by atoms with Crippen LogP contribution in [0.25, 0.3) is 0 Å². The van der Waals surface area contributed by atoms with Crippen LogP contribution in [0.1, 0.15) is 49.5 Å². The van der Waals surface area contributed by atoms with Crippen molar-refractivity contribution in [3.8, 4) is 11.8 Å². The fraction of sp³-hybridized carbons (Fsp3) is 0.444. The van der Waals surface area contributed by atoms with E-state index in [4.69, 9.17) is 4.74 Å². The molecule has 35 heavy (non-hydrogen) atoms. The van der Waals surface area contributed by atoms with Crippen molar-refractivity contribution >= 4 is 17.5 Å². The van der Waals surface area contributed by atoms with Gasteiger partial charge in [0, 0.05) is 24.3 Å². The molecule has 186 valence electrons. The van der Waals surface area contributed by atoms with Crippen LogP contribution in [0, 0.1) is 22.6 Å². The van der Waals surface area contributed by atoms with Crippen molar-refractivity contribution < 1.29 is 18.7 Å². The number of rotatable bonds is 9. The summed E-state index contributed by atoms with van der Waals surface area (Å²) in [5.41, 5.74) is 2.00. The predicted molar refractivity (Wildman–Crippen MR) is 133 cm³/mol. The number of nitrogens with one attached hydrogen (secondary N) is 2. The molecule has 1 unspecified atom stereocenters. The summed E-state index contributed by atoms with van der Waals surface area (Å²) < 4.78 is 18.8. The van der Waals surface area contributed by atoms with Crippen molar-refractivity contribution in [1.82, 2.24) is 10.6 Å². The van der Waals surface area contributed by atoms with Crippen molar-refractivity contribution in [3.63, 3.8) is 0 Å². The van der Waals surface area contributed by atoms with Gasteiger partial charge in [0.05, 0.1) is 25.6 Å². The molecule has 7 nitrogen and oxygen atoms in total. The molecule has 0 spiro atoms. The molecule has 0 aromatic heterocycles. The average molecular weight is 481 g/mol. The van der Waals surface area contributed by atoms with Gasteiger partial charge in [-0.15, -0.1) is 0 Å². The SMILES string of the molecule is COc1cccc(C(=O)NC(CC(C)(C)C)C(=O)N[C@@H](CC#N)CN2CCc3cc(F)ccc32)c1. The molecule has 0 saturated carbocycles. The van der Waals surface area contributed by atoms with E-state index in [2.05, 4.69) is 21.6 Å². The van der Waals surface area contributed by atoms with Crippen molar-refractivity contribution in [1.29, 1.82) is 5.26 Å². The fourth-order valence-corrected chi connectivity index (χ4v) is 4.30. The van der Waals surface area contributed by atoms with Gasteiger partial charge in [0.1, 0.15) is 17.6 Å². The fourth-order valence-electron chi connectivity index (χ4n) is 4.30. The quantitative estimate of drug-likeness (QED) is 0.569. The van der Waals surface area contributed by atoms with E-state index in [0.717, 1.165) is 11.3 Å². The lowest BCUT2D eigenvalue weighted by molar-refractivity contribution is -0.124. The Bertz CT molecular complexity index is 1110. The third-order valence-electron chi connectivity index (χ3n) is 5.93. The molecule has 8 heteroatoms. The van der Waals surface area contributed by atoms with Gasteiger partial charge >= 0.3 is 0 Å². The molecule has 2 aromatic carbocycles. The number of carbonyl (C=O) groups excluding carboxylic acids is 2. The van der Waals surface area contributed by atoms with Gasteiger partial charge in [0.2, 0.25) is 5.91 Å². The standard InChI is InChI=1S/C27H33FN4O3/c1-27(2,3)16-23(31-25(33)19-6-5-7-22(15-19)35-4)26(34)30-21(10-12-29)17-32-13-11-18-14-20(28)8-9-24(18)32/h5-9,14-15,21,23H,10-11,13,16-17H2,1-4H3,(H,30,34)(H,31,33)/t21-,23?/m0/s1. The van der Waals surface area contributed by atoms with Gasteiger partial charge in [-0.25, -0.2) is 4.39 Å². The van der Waals surface area contributed by atoms with E-state index in [1.807, 2.05) is 20.8 Å². The first-order valence-electron chi connectivity index (χ1n) is 11.8. The Morgan fingerprint density at radius 3 is 2.66 bits per heavy atom. The number of amides is 2. The third-order valence-corrected chi connectivity index (χ3v) is 5.93. The van der Waals surface area contributed by atoms with Crippen LogP contribution < -0.4 is 20.3 Å². The largest absolute Gasteiger partial charge is 0.497 e. The summed E-state index contributed by atoms with van der Waals surface area (Å²) in [7, 11) is 1.53. The van der Waals surface area contributed by atoms with Gasteiger partial charge in [-0.2, -0.15) is 5.26 Å². The van der Waals surface area contributed by atoms with Crippen molar-refractivity contribution in [2.24, 2.45) is 5.41 Å². The predicted octanol–water partition coefficient (Wildman–Crippen LogP) is 3.83. The molecular weight excluding hydrogens is 447 g/mol. The Hall–Kier alpha value is -3.60. The van der Waals surface area contributed by atoms with Gasteiger partial charge < -0.3 is 20.3 Å².